The first-order valence-corrected chi connectivity index (χ1v) is 10.6. The minimum Gasteiger partial charge on any atom is -0.466 e. The van der Waals surface area contributed by atoms with Crippen molar-refractivity contribution in [1.82, 2.24) is 15.2 Å². The minimum absolute atomic E-state index is 0.0371. The number of hydrogen-bond donors (Lipinski definition) is 1. The van der Waals surface area contributed by atoms with Crippen molar-refractivity contribution in [3.63, 3.8) is 0 Å². The molecule has 2 rings (SSSR count). The third-order valence-corrected chi connectivity index (χ3v) is 5.86. The first kappa shape index (κ1) is 21.4. The largest absolute Gasteiger partial charge is 0.466 e. The van der Waals surface area contributed by atoms with Gasteiger partial charge in [-0.25, -0.2) is 4.98 Å². The lowest BCUT2D eigenvalue weighted by atomic mass is 10.1. The maximum absolute atomic E-state index is 12.2. The van der Waals surface area contributed by atoms with Gasteiger partial charge in [0.25, 0.3) is 0 Å². The van der Waals surface area contributed by atoms with Crippen LogP contribution in [-0.2, 0) is 20.7 Å². The van der Waals surface area contributed by atoms with Gasteiger partial charge in [0, 0.05) is 11.9 Å². The summed E-state index contributed by atoms with van der Waals surface area (Å²) < 4.78 is 5.69. The van der Waals surface area contributed by atoms with Crippen LogP contribution in [0.5, 0.6) is 0 Å². The second kappa shape index (κ2) is 11.1. The van der Waals surface area contributed by atoms with Crippen LogP contribution in [0.4, 0.5) is 0 Å². The smallest absolute Gasteiger partial charge is 0.311 e. The van der Waals surface area contributed by atoms with Crippen molar-refractivity contribution in [1.29, 1.82) is 0 Å². The Morgan fingerprint density at radius 1 is 1.30 bits per heavy atom. The first-order chi connectivity index (χ1) is 13.0. The quantitative estimate of drug-likeness (QED) is 0.482. The number of aromatic nitrogens is 1. The number of likely N-dealkylation sites (N-methyl/N-ethyl adjacent to an activating group) is 1. The Morgan fingerprint density at radius 3 is 2.70 bits per heavy atom. The molecule has 2 aromatic rings. The summed E-state index contributed by atoms with van der Waals surface area (Å²) in [5, 5.41) is 4.82. The molecule has 1 atom stereocenters. The molecule has 0 spiro atoms. The summed E-state index contributed by atoms with van der Waals surface area (Å²) >= 11 is 2.81. The van der Waals surface area contributed by atoms with Crippen LogP contribution in [0.3, 0.4) is 0 Å². The zero-order valence-corrected chi connectivity index (χ0v) is 17.4. The van der Waals surface area contributed by atoms with E-state index in [4.69, 9.17) is 4.74 Å². The highest BCUT2D eigenvalue weighted by molar-refractivity contribution is 8.01. The molecule has 1 heterocycles. The van der Waals surface area contributed by atoms with E-state index in [1.54, 1.807) is 6.92 Å². The summed E-state index contributed by atoms with van der Waals surface area (Å²) in [5.41, 5.74) is 1.84. The van der Waals surface area contributed by atoms with Crippen LogP contribution in [-0.4, -0.2) is 54.8 Å². The molecule has 1 N–H and O–H groups in total. The number of benzene rings is 1. The van der Waals surface area contributed by atoms with Crippen LogP contribution in [0.25, 0.3) is 0 Å². The third-order valence-electron chi connectivity index (χ3n) is 3.79. The van der Waals surface area contributed by atoms with Gasteiger partial charge < -0.3 is 15.0 Å². The van der Waals surface area contributed by atoms with Crippen LogP contribution in [0.2, 0.25) is 0 Å². The van der Waals surface area contributed by atoms with Crippen molar-refractivity contribution in [3.05, 3.63) is 47.0 Å². The van der Waals surface area contributed by atoms with E-state index in [1.807, 2.05) is 37.7 Å². The second-order valence-corrected chi connectivity index (χ2v) is 8.15. The number of hydrogen-bond acceptors (Lipinski definition) is 7. The van der Waals surface area contributed by atoms with Crippen molar-refractivity contribution < 1.29 is 14.3 Å². The SMILES string of the molecule is CCOC(=O)Cc1csc(SCC(=O)NC[C@H](c2ccccc2)N(C)C)n1. The number of ether oxygens (including phenoxy) is 1. The van der Waals surface area contributed by atoms with E-state index in [9.17, 15) is 9.59 Å². The Balaban J connectivity index is 1.79. The molecule has 146 valence electrons. The third kappa shape index (κ3) is 7.32. The topological polar surface area (TPSA) is 71.5 Å². The monoisotopic (exact) mass is 407 g/mol. The average molecular weight is 408 g/mol. The molecule has 0 saturated carbocycles. The molecule has 1 aromatic carbocycles. The van der Waals surface area contributed by atoms with Crippen LogP contribution in [0.15, 0.2) is 40.1 Å². The van der Waals surface area contributed by atoms with Gasteiger partial charge in [0.2, 0.25) is 5.91 Å². The zero-order valence-electron chi connectivity index (χ0n) is 15.8. The Hall–Kier alpha value is -1.90. The van der Waals surface area contributed by atoms with E-state index < -0.39 is 0 Å². The number of thiazole rings is 1. The summed E-state index contributed by atoms with van der Waals surface area (Å²) in [7, 11) is 4.00. The van der Waals surface area contributed by atoms with Gasteiger partial charge in [-0.05, 0) is 26.6 Å². The average Bonchev–Trinajstić information content (AvgIpc) is 3.08. The van der Waals surface area contributed by atoms with Crippen molar-refractivity contribution in [2.24, 2.45) is 0 Å². The fourth-order valence-electron chi connectivity index (χ4n) is 2.46. The molecule has 0 aliphatic carbocycles. The van der Waals surface area contributed by atoms with Crippen LogP contribution >= 0.6 is 23.1 Å². The highest BCUT2D eigenvalue weighted by atomic mass is 32.2. The molecule has 0 saturated heterocycles. The van der Waals surface area contributed by atoms with Crippen molar-refractivity contribution in [2.45, 2.75) is 23.7 Å². The second-order valence-electron chi connectivity index (χ2n) is 6.07. The molecular weight excluding hydrogens is 382 g/mol. The lowest BCUT2D eigenvalue weighted by molar-refractivity contribution is -0.142. The number of nitrogens with one attached hydrogen (secondary N) is 1. The Morgan fingerprint density at radius 2 is 2.04 bits per heavy atom. The number of carbonyl (C=O) groups excluding carboxylic acids is 2. The fourth-order valence-corrected chi connectivity index (χ4v) is 4.13. The summed E-state index contributed by atoms with van der Waals surface area (Å²) in [6, 6.07) is 10.2. The molecule has 0 fully saturated rings. The maximum Gasteiger partial charge on any atom is 0.311 e. The first-order valence-electron chi connectivity index (χ1n) is 8.70. The van der Waals surface area contributed by atoms with E-state index in [0.29, 0.717) is 24.6 Å². The van der Waals surface area contributed by atoms with Gasteiger partial charge in [-0.3, -0.25) is 9.59 Å². The minimum atomic E-state index is -0.285. The van der Waals surface area contributed by atoms with Crippen molar-refractivity contribution in [2.75, 3.05) is 33.0 Å². The van der Waals surface area contributed by atoms with Gasteiger partial charge in [-0.15, -0.1) is 11.3 Å². The van der Waals surface area contributed by atoms with Crippen LogP contribution < -0.4 is 5.32 Å². The predicted octanol–water partition coefficient (Wildman–Crippen LogP) is 2.76. The Kier molecular flexibility index (Phi) is 8.77. The van der Waals surface area contributed by atoms with Gasteiger partial charge in [-0.2, -0.15) is 0 Å². The number of amides is 1. The van der Waals surface area contributed by atoms with Gasteiger partial charge in [-0.1, -0.05) is 42.1 Å². The van der Waals surface area contributed by atoms with Gasteiger partial charge in [0.05, 0.1) is 30.5 Å². The molecule has 0 unspecified atom stereocenters. The summed E-state index contributed by atoms with van der Waals surface area (Å²) in [6.45, 7) is 2.68. The van der Waals surface area contributed by atoms with Crippen LogP contribution in [0.1, 0.15) is 24.2 Å². The summed E-state index contributed by atoms with van der Waals surface area (Å²) in [4.78, 5) is 30.1. The number of carbonyl (C=O) groups is 2. The van der Waals surface area contributed by atoms with E-state index in [1.165, 1.54) is 28.7 Å². The molecule has 0 aliphatic heterocycles. The predicted molar refractivity (Wildman–Crippen MR) is 109 cm³/mol. The van der Waals surface area contributed by atoms with Crippen LogP contribution in [0, 0.1) is 0 Å². The Labute approximate surface area is 168 Å². The molecule has 8 heteroatoms. The molecule has 1 amide bonds. The van der Waals surface area contributed by atoms with E-state index in [2.05, 4.69) is 27.3 Å². The van der Waals surface area contributed by atoms with Crippen molar-refractivity contribution >= 4 is 35.0 Å². The highest BCUT2D eigenvalue weighted by Crippen LogP contribution is 2.23. The maximum atomic E-state index is 12.2. The van der Waals surface area contributed by atoms with E-state index in [-0.39, 0.29) is 24.3 Å². The molecule has 0 bridgehead atoms. The van der Waals surface area contributed by atoms with Crippen molar-refractivity contribution in [3.8, 4) is 0 Å². The Bertz CT molecular complexity index is 735. The highest BCUT2D eigenvalue weighted by Gasteiger charge is 2.15. The summed E-state index contributed by atoms with van der Waals surface area (Å²) in [5.74, 6) is -0.0287. The van der Waals surface area contributed by atoms with E-state index in [0.717, 1.165) is 4.34 Å². The standard InChI is InChI=1S/C19H25N3O3S2/c1-4-25-18(24)10-15-12-26-19(21-15)27-13-17(23)20-11-16(22(2)3)14-8-6-5-7-9-14/h5-9,12,16H,4,10-11,13H2,1-3H3,(H,20,23)/t16-/m1/s1. The molecule has 0 aliphatic rings. The zero-order chi connectivity index (χ0) is 19.6. The fraction of sp³-hybridized carbons (Fsp3) is 0.421. The number of esters is 1. The number of rotatable bonds is 10. The van der Waals surface area contributed by atoms with Gasteiger partial charge in [0.15, 0.2) is 4.34 Å². The van der Waals surface area contributed by atoms with E-state index >= 15 is 0 Å². The molecule has 1 aromatic heterocycles. The van der Waals surface area contributed by atoms with Gasteiger partial charge in [0.1, 0.15) is 0 Å². The molecule has 27 heavy (non-hydrogen) atoms. The van der Waals surface area contributed by atoms with Gasteiger partial charge >= 0.3 is 5.97 Å². The normalized spacial score (nSPS) is 12.0. The number of nitrogens with zero attached hydrogens (tertiary/aromatic N) is 2. The summed E-state index contributed by atoms with van der Waals surface area (Å²) in [6.07, 6.45) is 0.165. The number of thioether (sulfide) groups is 1. The molecular formula is C19H25N3O3S2. The lowest BCUT2D eigenvalue weighted by Crippen LogP contribution is -2.35. The molecule has 0 radical (unpaired) electrons. The lowest BCUT2D eigenvalue weighted by Gasteiger charge is -2.25. The molecule has 6 nitrogen and oxygen atoms in total.